The number of nitrogens with zero attached hydrogens (tertiary/aromatic N) is 4. The first-order valence-corrected chi connectivity index (χ1v) is 16.2. The van der Waals surface area contributed by atoms with Crippen LogP contribution in [0.25, 0.3) is 28.0 Å². The van der Waals surface area contributed by atoms with Crippen molar-refractivity contribution in [3.8, 4) is 22.4 Å². The fraction of sp³-hybridized carbons (Fsp3) is 0.0238. The zero-order chi connectivity index (χ0) is 35.0. The van der Waals surface area contributed by atoms with Gasteiger partial charge in [-0.15, -0.1) is 0 Å². The molecule has 248 valence electrons. The normalized spacial score (nSPS) is 11.5. The Morgan fingerprint density at radius 1 is 0.608 bits per heavy atom. The number of anilines is 1. The number of fused-ring (bicyclic) bond motifs is 1. The molecule has 0 aliphatic heterocycles. The second kappa shape index (κ2) is 12.9. The van der Waals surface area contributed by atoms with Crippen LogP contribution in [0.4, 0.5) is 18.9 Å². The summed E-state index contributed by atoms with van der Waals surface area (Å²) in [5, 5.41) is 7.22. The van der Waals surface area contributed by atoms with E-state index in [2.05, 4.69) is 46.7 Å². The molecule has 8 aromatic rings. The third-order valence-electron chi connectivity index (χ3n) is 9.05. The molecule has 8 rings (SSSR count). The van der Waals surface area contributed by atoms with Crippen LogP contribution in [0.5, 0.6) is 0 Å². The van der Waals surface area contributed by atoms with E-state index in [1.165, 1.54) is 24.3 Å². The van der Waals surface area contributed by atoms with Crippen molar-refractivity contribution in [3.05, 3.63) is 204 Å². The molecule has 0 bridgehead atoms. The summed E-state index contributed by atoms with van der Waals surface area (Å²) in [5.41, 5.74) is 5.06. The number of carbonyl (C=O) groups is 1. The molecular formula is C42H28F3N5O. The van der Waals surface area contributed by atoms with Gasteiger partial charge in [-0.2, -0.15) is 5.10 Å². The lowest BCUT2D eigenvalue weighted by atomic mass is 9.77. The second-order valence-electron chi connectivity index (χ2n) is 12.0. The molecular weight excluding hydrogens is 647 g/mol. The van der Waals surface area contributed by atoms with Crippen LogP contribution in [0.2, 0.25) is 0 Å². The fourth-order valence-corrected chi connectivity index (χ4v) is 6.60. The van der Waals surface area contributed by atoms with Crippen molar-refractivity contribution in [1.29, 1.82) is 0 Å². The Bertz CT molecular complexity index is 2420. The minimum absolute atomic E-state index is 0.317. The maximum Gasteiger partial charge on any atom is 0.258 e. The Labute approximate surface area is 291 Å². The lowest BCUT2D eigenvalue weighted by molar-refractivity contribution is 0.102. The number of pyridine rings is 1. The van der Waals surface area contributed by atoms with Gasteiger partial charge in [0.05, 0.1) is 29.3 Å². The SMILES string of the molecule is O=C(Nc1cccc(F)c1F)c1ccc(-c2cnc3ccc(-c4cnn(C(c5ccccc5)(c5ccccc5)c5ccccc5)c4)cn23)cc1F. The topological polar surface area (TPSA) is 64.2 Å². The van der Waals surface area contributed by atoms with Gasteiger partial charge in [0.15, 0.2) is 11.6 Å². The van der Waals surface area contributed by atoms with E-state index in [0.717, 1.165) is 33.9 Å². The summed E-state index contributed by atoms with van der Waals surface area (Å²) in [5.74, 6) is -4.07. The van der Waals surface area contributed by atoms with Crippen LogP contribution >= 0.6 is 0 Å². The number of benzene rings is 5. The summed E-state index contributed by atoms with van der Waals surface area (Å²) in [4.78, 5) is 17.3. The van der Waals surface area contributed by atoms with E-state index in [9.17, 15) is 13.6 Å². The number of hydrogen-bond acceptors (Lipinski definition) is 3. The Morgan fingerprint density at radius 3 is 1.86 bits per heavy atom. The molecule has 0 aliphatic rings. The maximum absolute atomic E-state index is 15.4. The molecule has 0 saturated heterocycles. The number of amides is 1. The zero-order valence-corrected chi connectivity index (χ0v) is 26.9. The van der Waals surface area contributed by atoms with E-state index in [0.29, 0.717) is 16.9 Å². The van der Waals surface area contributed by atoms with Crippen molar-refractivity contribution >= 4 is 17.2 Å². The average Bonchev–Trinajstić information content (AvgIpc) is 3.83. The highest BCUT2D eigenvalue weighted by atomic mass is 19.2. The van der Waals surface area contributed by atoms with Crippen molar-refractivity contribution in [2.45, 2.75) is 5.54 Å². The van der Waals surface area contributed by atoms with Crippen LogP contribution in [-0.4, -0.2) is 25.1 Å². The number of hydrogen-bond donors (Lipinski definition) is 1. The fourth-order valence-electron chi connectivity index (χ4n) is 6.60. The van der Waals surface area contributed by atoms with Crippen LogP contribution in [-0.2, 0) is 5.54 Å². The van der Waals surface area contributed by atoms with E-state index in [4.69, 9.17) is 5.10 Å². The highest BCUT2D eigenvalue weighted by Crippen LogP contribution is 2.41. The molecule has 0 saturated carbocycles. The van der Waals surface area contributed by atoms with Gasteiger partial charge >= 0.3 is 0 Å². The molecule has 0 atom stereocenters. The van der Waals surface area contributed by atoms with Crippen LogP contribution in [0.1, 0.15) is 27.0 Å². The van der Waals surface area contributed by atoms with Crippen molar-refractivity contribution in [2.75, 3.05) is 5.32 Å². The lowest BCUT2D eigenvalue weighted by Gasteiger charge is -2.36. The summed E-state index contributed by atoms with van der Waals surface area (Å²) in [6.45, 7) is 0. The highest BCUT2D eigenvalue weighted by Gasteiger charge is 2.39. The van der Waals surface area contributed by atoms with Crippen LogP contribution in [0.3, 0.4) is 0 Å². The quantitative estimate of drug-likeness (QED) is 0.163. The number of halogens is 3. The van der Waals surface area contributed by atoms with Crippen LogP contribution < -0.4 is 5.32 Å². The predicted octanol–water partition coefficient (Wildman–Crippen LogP) is 9.37. The predicted molar refractivity (Wildman–Crippen MR) is 191 cm³/mol. The smallest absolute Gasteiger partial charge is 0.258 e. The Kier molecular flexibility index (Phi) is 8.00. The van der Waals surface area contributed by atoms with E-state index in [1.54, 1.807) is 12.3 Å². The number of imidazole rings is 1. The van der Waals surface area contributed by atoms with Crippen LogP contribution in [0.15, 0.2) is 164 Å². The zero-order valence-electron chi connectivity index (χ0n) is 26.9. The van der Waals surface area contributed by atoms with E-state index in [-0.39, 0.29) is 11.3 Å². The molecule has 6 nitrogen and oxygen atoms in total. The first-order valence-electron chi connectivity index (χ1n) is 16.2. The van der Waals surface area contributed by atoms with Gasteiger partial charge in [0.2, 0.25) is 0 Å². The monoisotopic (exact) mass is 675 g/mol. The van der Waals surface area contributed by atoms with Gasteiger partial charge in [-0.25, -0.2) is 18.2 Å². The molecule has 0 unspecified atom stereocenters. The lowest BCUT2D eigenvalue weighted by Crippen LogP contribution is -2.38. The third kappa shape index (κ3) is 5.54. The molecule has 1 amide bonds. The molecule has 3 heterocycles. The molecule has 0 spiro atoms. The highest BCUT2D eigenvalue weighted by molar-refractivity contribution is 6.04. The van der Waals surface area contributed by atoms with Gasteiger partial charge in [0, 0.05) is 29.1 Å². The Morgan fingerprint density at radius 2 is 1.24 bits per heavy atom. The number of carbonyl (C=O) groups excluding carboxylic acids is 1. The Hall–Kier alpha value is -6.74. The van der Waals surface area contributed by atoms with Crippen molar-refractivity contribution in [1.82, 2.24) is 19.2 Å². The van der Waals surface area contributed by atoms with Crippen molar-refractivity contribution in [3.63, 3.8) is 0 Å². The van der Waals surface area contributed by atoms with Gasteiger partial charge in [0.1, 0.15) is 17.0 Å². The molecule has 0 aliphatic carbocycles. The second-order valence-corrected chi connectivity index (χ2v) is 12.0. The number of rotatable bonds is 8. The summed E-state index contributed by atoms with van der Waals surface area (Å²) >= 11 is 0. The molecule has 0 fully saturated rings. The van der Waals surface area contributed by atoms with Gasteiger partial charge in [-0.1, -0.05) is 103 Å². The third-order valence-corrected chi connectivity index (χ3v) is 9.05. The summed E-state index contributed by atoms with van der Waals surface area (Å²) in [7, 11) is 0. The molecule has 3 aromatic heterocycles. The number of aromatic nitrogens is 4. The van der Waals surface area contributed by atoms with Crippen LogP contribution in [0, 0.1) is 17.5 Å². The molecule has 51 heavy (non-hydrogen) atoms. The van der Waals surface area contributed by atoms with E-state index in [1.807, 2.05) is 94.4 Å². The summed E-state index contributed by atoms with van der Waals surface area (Å²) in [6.07, 6.45) is 7.40. The Balaban J connectivity index is 1.18. The maximum atomic E-state index is 15.4. The van der Waals surface area contributed by atoms with Gasteiger partial charge in [-0.05, 0) is 53.1 Å². The molecule has 1 N–H and O–H groups in total. The van der Waals surface area contributed by atoms with E-state index < -0.39 is 28.9 Å². The van der Waals surface area contributed by atoms with Gasteiger partial charge < -0.3 is 5.32 Å². The van der Waals surface area contributed by atoms with Crippen molar-refractivity contribution < 1.29 is 18.0 Å². The summed E-state index contributed by atoms with van der Waals surface area (Å²) in [6, 6.07) is 42.2. The largest absolute Gasteiger partial charge is 0.319 e. The standard InChI is InChI=1S/C42H28F3N5O/c43-35-17-10-18-37(40(35)45)48-41(51)34-21-19-28(23-36(34)44)38-25-46-39-22-20-29(26-49(38)39)30-24-47-50(27-30)42(31-11-4-1-5-12-31,32-13-6-2-7-14-32)33-15-8-3-9-16-33/h1-27H,(H,48,51). The molecule has 0 radical (unpaired) electrons. The first-order chi connectivity index (χ1) is 24.9. The molecule has 9 heteroatoms. The summed E-state index contributed by atoms with van der Waals surface area (Å²) < 4.78 is 47.0. The average molecular weight is 676 g/mol. The van der Waals surface area contributed by atoms with Gasteiger partial charge in [0.25, 0.3) is 5.91 Å². The molecule has 5 aromatic carbocycles. The van der Waals surface area contributed by atoms with E-state index >= 15 is 4.39 Å². The van der Waals surface area contributed by atoms with Crippen molar-refractivity contribution in [2.24, 2.45) is 0 Å². The minimum atomic E-state index is -1.22. The minimum Gasteiger partial charge on any atom is -0.319 e. The van der Waals surface area contributed by atoms with Gasteiger partial charge in [-0.3, -0.25) is 13.9 Å². The first kappa shape index (κ1) is 31.5. The number of nitrogens with one attached hydrogen (secondary N) is 1.